The summed E-state index contributed by atoms with van der Waals surface area (Å²) in [7, 11) is 5.70. The van der Waals surface area contributed by atoms with Gasteiger partial charge in [0.2, 0.25) is 0 Å². The zero-order chi connectivity index (χ0) is 25.1. The highest BCUT2D eigenvalue weighted by Gasteiger charge is 2.26. The van der Waals surface area contributed by atoms with Crippen molar-refractivity contribution >= 4 is 17.3 Å². The third-order valence-electron chi connectivity index (χ3n) is 6.38. The molecule has 1 unspecified atom stereocenters. The fourth-order valence-electron chi connectivity index (χ4n) is 4.43. The molecule has 0 spiro atoms. The van der Waals surface area contributed by atoms with Gasteiger partial charge in [0.05, 0.1) is 12.3 Å². The van der Waals surface area contributed by atoms with Crippen molar-refractivity contribution < 1.29 is 4.74 Å². The number of aromatic nitrogens is 4. The Morgan fingerprint density at radius 1 is 1.23 bits per heavy atom. The largest absolute Gasteiger partial charge is 0.494 e. The molecule has 0 amide bonds. The third kappa shape index (κ3) is 5.08. The second-order valence-corrected chi connectivity index (χ2v) is 9.09. The summed E-state index contributed by atoms with van der Waals surface area (Å²) < 4.78 is 7.25. The quantitative estimate of drug-likeness (QED) is 0.529. The van der Waals surface area contributed by atoms with Crippen molar-refractivity contribution in [1.29, 1.82) is 0 Å². The predicted molar refractivity (Wildman–Crippen MR) is 141 cm³/mol. The molecule has 0 saturated carbocycles. The van der Waals surface area contributed by atoms with Crippen molar-refractivity contribution in [1.82, 2.24) is 19.5 Å². The number of rotatable bonds is 8. The molecule has 0 bridgehead atoms. The molecule has 0 aromatic carbocycles. The minimum Gasteiger partial charge on any atom is -0.494 e. The Bertz CT molecular complexity index is 1250. The molecule has 1 saturated heterocycles. The van der Waals surface area contributed by atoms with Gasteiger partial charge in [-0.15, -0.1) is 0 Å². The fraction of sp³-hybridized carbons (Fsp3) is 0.462. The highest BCUT2D eigenvalue weighted by Crippen LogP contribution is 2.27. The van der Waals surface area contributed by atoms with E-state index < -0.39 is 0 Å². The van der Waals surface area contributed by atoms with Crippen molar-refractivity contribution in [2.75, 3.05) is 48.9 Å². The highest BCUT2D eigenvalue weighted by molar-refractivity contribution is 5.64. The van der Waals surface area contributed by atoms with Crippen LogP contribution in [0.3, 0.4) is 0 Å². The number of aryl methyl sites for hydroxylation is 2. The predicted octanol–water partition coefficient (Wildman–Crippen LogP) is 3.26. The molecule has 4 rings (SSSR count). The van der Waals surface area contributed by atoms with Gasteiger partial charge in [-0.3, -0.25) is 9.36 Å². The van der Waals surface area contributed by atoms with Gasteiger partial charge in [-0.1, -0.05) is 6.92 Å². The number of hydrogen-bond acceptors (Lipinski definition) is 8. The Kier molecular flexibility index (Phi) is 7.23. The fourth-order valence-corrected chi connectivity index (χ4v) is 4.43. The van der Waals surface area contributed by atoms with Gasteiger partial charge in [-0.25, -0.2) is 15.0 Å². The van der Waals surface area contributed by atoms with E-state index >= 15 is 0 Å². The normalized spacial score (nSPS) is 15.4. The molecule has 1 aliphatic heterocycles. The summed E-state index contributed by atoms with van der Waals surface area (Å²) in [4.78, 5) is 31.6. The van der Waals surface area contributed by atoms with Crippen LogP contribution in [0.2, 0.25) is 0 Å². The van der Waals surface area contributed by atoms with Crippen LogP contribution >= 0.6 is 0 Å². The molecule has 3 aromatic heterocycles. The molecule has 1 aliphatic rings. The summed E-state index contributed by atoms with van der Waals surface area (Å²) in [5.74, 6) is 3.22. The van der Waals surface area contributed by atoms with E-state index in [1.54, 1.807) is 24.0 Å². The molecule has 9 nitrogen and oxygen atoms in total. The molecule has 9 heteroatoms. The van der Waals surface area contributed by atoms with Crippen LogP contribution in [-0.4, -0.2) is 59.4 Å². The number of nitrogens with one attached hydrogen (secondary N) is 1. The molecule has 0 aliphatic carbocycles. The first-order valence-corrected chi connectivity index (χ1v) is 12.2. The minimum absolute atomic E-state index is 0.0714. The maximum absolute atomic E-state index is 13.5. The van der Waals surface area contributed by atoms with E-state index in [2.05, 4.69) is 20.2 Å². The lowest BCUT2D eigenvalue weighted by molar-refractivity contribution is 0.340. The second kappa shape index (κ2) is 10.3. The highest BCUT2D eigenvalue weighted by atomic mass is 16.5. The van der Waals surface area contributed by atoms with Crippen LogP contribution < -0.4 is 25.4 Å². The molecule has 35 heavy (non-hydrogen) atoms. The maximum atomic E-state index is 13.5. The van der Waals surface area contributed by atoms with Gasteiger partial charge in [0.15, 0.2) is 0 Å². The molecule has 186 valence electrons. The molecular weight excluding hydrogens is 442 g/mol. The second-order valence-electron chi connectivity index (χ2n) is 9.09. The van der Waals surface area contributed by atoms with Crippen molar-refractivity contribution in [3.8, 4) is 17.1 Å². The summed E-state index contributed by atoms with van der Waals surface area (Å²) in [6.45, 7) is 8.26. The Hall–Kier alpha value is -3.62. The van der Waals surface area contributed by atoms with Gasteiger partial charge in [0.1, 0.15) is 28.9 Å². The number of pyridine rings is 2. The summed E-state index contributed by atoms with van der Waals surface area (Å²) >= 11 is 0. The van der Waals surface area contributed by atoms with E-state index in [0.29, 0.717) is 24.5 Å². The Morgan fingerprint density at radius 2 is 2.03 bits per heavy atom. The van der Waals surface area contributed by atoms with E-state index in [4.69, 9.17) is 9.72 Å². The van der Waals surface area contributed by atoms with Crippen LogP contribution in [0.5, 0.6) is 5.75 Å². The summed E-state index contributed by atoms with van der Waals surface area (Å²) in [6, 6.07) is 5.98. The average Bonchev–Trinajstić information content (AvgIpc) is 3.32. The van der Waals surface area contributed by atoms with Crippen molar-refractivity contribution in [3.05, 3.63) is 52.2 Å². The van der Waals surface area contributed by atoms with Gasteiger partial charge in [-0.2, -0.15) is 0 Å². The van der Waals surface area contributed by atoms with Gasteiger partial charge in [-0.05, 0) is 44.4 Å². The van der Waals surface area contributed by atoms with Crippen LogP contribution in [0.15, 0.2) is 35.4 Å². The van der Waals surface area contributed by atoms with Crippen LogP contribution in [0, 0.1) is 6.92 Å². The Balaban J connectivity index is 1.58. The van der Waals surface area contributed by atoms with E-state index in [1.807, 2.05) is 58.0 Å². The number of anilines is 3. The number of nitrogens with zero attached hydrogens (tertiary/aromatic N) is 6. The maximum Gasteiger partial charge on any atom is 0.277 e. The first-order chi connectivity index (χ1) is 16.8. The third-order valence-corrected chi connectivity index (χ3v) is 6.38. The molecule has 1 fully saturated rings. The molecular formula is C26H35N7O2. The summed E-state index contributed by atoms with van der Waals surface area (Å²) in [6.07, 6.45) is 5.14. The van der Waals surface area contributed by atoms with Crippen LogP contribution in [0.1, 0.15) is 31.5 Å². The average molecular weight is 478 g/mol. The van der Waals surface area contributed by atoms with E-state index in [-0.39, 0.29) is 11.6 Å². The lowest BCUT2D eigenvalue weighted by Crippen LogP contribution is -2.32. The van der Waals surface area contributed by atoms with E-state index in [0.717, 1.165) is 53.7 Å². The molecule has 0 radical (unpaired) electrons. The zero-order valence-corrected chi connectivity index (χ0v) is 21.5. The van der Waals surface area contributed by atoms with Gasteiger partial charge >= 0.3 is 0 Å². The lowest BCUT2D eigenvalue weighted by Gasteiger charge is -2.21. The molecule has 3 aromatic rings. The van der Waals surface area contributed by atoms with Crippen LogP contribution in [0.25, 0.3) is 11.4 Å². The van der Waals surface area contributed by atoms with Crippen molar-refractivity contribution in [3.63, 3.8) is 0 Å². The molecule has 1 atom stereocenters. The summed E-state index contributed by atoms with van der Waals surface area (Å²) in [5, 5.41) is 3.51. The Morgan fingerprint density at radius 3 is 2.71 bits per heavy atom. The lowest BCUT2D eigenvalue weighted by atomic mass is 10.1. The SMILES string of the molecule is CCOc1ccnc(N2CCC(Nc3c(CC)nc(-c4cnc(N(C)C)cc4C)n(C)c3=O)C2)c1. The van der Waals surface area contributed by atoms with E-state index in [9.17, 15) is 4.79 Å². The standard InChI is InChI=1S/C26H35N7O2/c1-7-21-24(29-18-10-12-33(16-18)23-14-19(35-8-2)9-11-27-23)26(34)32(6)25(30-21)20-15-28-22(31(4)5)13-17(20)3/h9,11,13-15,18,29H,7-8,10,12,16H2,1-6H3. The topological polar surface area (TPSA) is 88.4 Å². The van der Waals surface area contributed by atoms with Crippen molar-refractivity contribution in [2.24, 2.45) is 7.05 Å². The zero-order valence-electron chi connectivity index (χ0n) is 21.5. The molecule has 4 heterocycles. The Labute approximate surface area is 206 Å². The van der Waals surface area contributed by atoms with Gasteiger partial charge < -0.3 is 19.9 Å². The minimum atomic E-state index is -0.0714. The van der Waals surface area contributed by atoms with Crippen LogP contribution in [0.4, 0.5) is 17.3 Å². The van der Waals surface area contributed by atoms with Gasteiger partial charge in [0, 0.05) is 64.3 Å². The number of ether oxygens (including phenoxy) is 1. The van der Waals surface area contributed by atoms with Crippen LogP contribution in [-0.2, 0) is 13.5 Å². The molecule has 1 N–H and O–H groups in total. The van der Waals surface area contributed by atoms with E-state index in [1.165, 1.54) is 0 Å². The van der Waals surface area contributed by atoms with Gasteiger partial charge in [0.25, 0.3) is 5.56 Å². The van der Waals surface area contributed by atoms with Crippen molar-refractivity contribution in [2.45, 2.75) is 39.7 Å². The first-order valence-electron chi connectivity index (χ1n) is 12.2. The monoisotopic (exact) mass is 477 g/mol. The smallest absolute Gasteiger partial charge is 0.277 e. The summed E-state index contributed by atoms with van der Waals surface area (Å²) in [5.41, 5.74) is 3.18. The number of hydrogen-bond donors (Lipinski definition) is 1. The first kappa shape index (κ1) is 24.5.